The van der Waals surface area contributed by atoms with E-state index in [1.807, 2.05) is 6.92 Å². The smallest absolute Gasteiger partial charge is 0.116 e. The van der Waals surface area contributed by atoms with Crippen LogP contribution < -0.4 is 5.73 Å². The van der Waals surface area contributed by atoms with E-state index >= 15 is 0 Å². The highest BCUT2D eigenvalue weighted by Crippen LogP contribution is 2.37. The molecule has 1 atom stereocenters. The molecule has 0 spiro atoms. The standard InChI is InChI=1S/C14H19N3/c1-9-5-4-8-17-13(9)12(10(2)15)16-14(17)11-6-3-7-11/h4-5,8,10-11H,3,6-7,15H2,1-2H3. The Kier molecular flexibility index (Phi) is 2.44. The van der Waals surface area contributed by atoms with Gasteiger partial charge < -0.3 is 10.1 Å². The molecule has 0 aromatic carbocycles. The summed E-state index contributed by atoms with van der Waals surface area (Å²) in [6.07, 6.45) is 5.99. The van der Waals surface area contributed by atoms with Gasteiger partial charge in [0.2, 0.25) is 0 Å². The van der Waals surface area contributed by atoms with Crippen LogP contribution in [0.2, 0.25) is 0 Å². The lowest BCUT2D eigenvalue weighted by Gasteiger charge is -2.24. The van der Waals surface area contributed by atoms with Crippen molar-refractivity contribution in [2.45, 2.75) is 45.1 Å². The largest absolute Gasteiger partial charge is 0.323 e. The van der Waals surface area contributed by atoms with Crippen molar-refractivity contribution < 1.29 is 0 Å². The highest BCUT2D eigenvalue weighted by molar-refractivity contribution is 5.60. The molecule has 1 saturated carbocycles. The Hall–Kier alpha value is -1.35. The van der Waals surface area contributed by atoms with Gasteiger partial charge in [-0.15, -0.1) is 0 Å². The Morgan fingerprint density at radius 2 is 2.24 bits per heavy atom. The number of fused-ring (bicyclic) bond motifs is 1. The van der Waals surface area contributed by atoms with Gasteiger partial charge in [0.1, 0.15) is 5.82 Å². The lowest BCUT2D eigenvalue weighted by Crippen LogP contribution is -2.12. The summed E-state index contributed by atoms with van der Waals surface area (Å²) < 4.78 is 2.25. The van der Waals surface area contributed by atoms with Crippen molar-refractivity contribution in [1.29, 1.82) is 0 Å². The molecule has 2 aromatic rings. The van der Waals surface area contributed by atoms with Gasteiger partial charge >= 0.3 is 0 Å². The molecule has 2 heterocycles. The van der Waals surface area contributed by atoms with Crippen LogP contribution in [0.3, 0.4) is 0 Å². The van der Waals surface area contributed by atoms with E-state index in [2.05, 4.69) is 29.7 Å². The number of hydrogen-bond donors (Lipinski definition) is 1. The van der Waals surface area contributed by atoms with Crippen molar-refractivity contribution in [2.75, 3.05) is 0 Å². The zero-order valence-electron chi connectivity index (χ0n) is 10.5. The van der Waals surface area contributed by atoms with E-state index in [1.165, 1.54) is 36.2 Å². The third-order valence-corrected chi connectivity index (χ3v) is 3.82. The number of rotatable bonds is 2. The second-order valence-electron chi connectivity index (χ2n) is 5.18. The molecule has 1 fully saturated rings. The predicted octanol–water partition coefficient (Wildman–Crippen LogP) is 2.93. The topological polar surface area (TPSA) is 43.3 Å². The van der Waals surface area contributed by atoms with Gasteiger partial charge in [0.05, 0.1) is 11.2 Å². The van der Waals surface area contributed by atoms with E-state index in [0.29, 0.717) is 5.92 Å². The quantitative estimate of drug-likeness (QED) is 0.860. The van der Waals surface area contributed by atoms with Crippen LogP contribution in [0.1, 0.15) is 55.2 Å². The van der Waals surface area contributed by atoms with Gasteiger partial charge in [-0.25, -0.2) is 4.98 Å². The third kappa shape index (κ3) is 1.57. The molecule has 0 bridgehead atoms. The minimum atomic E-state index is -0.0000680. The average Bonchev–Trinajstić information content (AvgIpc) is 2.57. The van der Waals surface area contributed by atoms with E-state index in [1.54, 1.807) is 0 Å². The summed E-state index contributed by atoms with van der Waals surface area (Å²) in [6.45, 7) is 4.15. The molecule has 0 amide bonds. The van der Waals surface area contributed by atoms with Crippen LogP contribution in [0.15, 0.2) is 18.3 Å². The molecule has 0 radical (unpaired) electrons. The first-order valence-corrected chi connectivity index (χ1v) is 6.41. The Morgan fingerprint density at radius 3 is 2.82 bits per heavy atom. The number of aromatic nitrogens is 2. The Balaban J connectivity index is 2.26. The summed E-state index contributed by atoms with van der Waals surface area (Å²) in [5.41, 5.74) is 9.57. The fraction of sp³-hybridized carbons (Fsp3) is 0.500. The first kappa shape index (κ1) is 10.8. The van der Waals surface area contributed by atoms with Crippen LogP contribution in [-0.2, 0) is 0 Å². The zero-order chi connectivity index (χ0) is 12.0. The maximum atomic E-state index is 6.05. The van der Waals surface area contributed by atoms with Crippen LogP contribution in [0.4, 0.5) is 0 Å². The van der Waals surface area contributed by atoms with E-state index in [0.717, 1.165) is 5.69 Å². The van der Waals surface area contributed by atoms with Crippen molar-refractivity contribution in [3.05, 3.63) is 35.4 Å². The number of imidazole rings is 1. The molecule has 1 unspecified atom stereocenters. The molecule has 2 aromatic heterocycles. The van der Waals surface area contributed by atoms with E-state index in [4.69, 9.17) is 10.7 Å². The Bertz CT molecular complexity index is 550. The highest BCUT2D eigenvalue weighted by atomic mass is 15.0. The summed E-state index contributed by atoms with van der Waals surface area (Å²) in [6, 6.07) is 4.23. The first-order chi connectivity index (χ1) is 8.18. The molecule has 17 heavy (non-hydrogen) atoms. The molecule has 90 valence electrons. The van der Waals surface area contributed by atoms with Crippen molar-refractivity contribution in [2.24, 2.45) is 5.73 Å². The molecule has 1 aliphatic rings. The lowest BCUT2D eigenvalue weighted by atomic mass is 9.85. The molecule has 3 heteroatoms. The SMILES string of the molecule is Cc1cccn2c(C3CCC3)nc(C(C)N)c12. The molecular formula is C14H19N3. The number of aryl methyl sites for hydroxylation is 1. The minimum absolute atomic E-state index is 0.0000680. The van der Waals surface area contributed by atoms with Crippen molar-refractivity contribution in [1.82, 2.24) is 9.38 Å². The summed E-state index contributed by atoms with van der Waals surface area (Å²) >= 11 is 0. The fourth-order valence-electron chi connectivity index (χ4n) is 2.64. The van der Waals surface area contributed by atoms with Crippen LogP contribution in [0, 0.1) is 6.92 Å². The molecule has 3 rings (SSSR count). The van der Waals surface area contributed by atoms with Crippen molar-refractivity contribution in [3.63, 3.8) is 0 Å². The van der Waals surface area contributed by atoms with Gasteiger partial charge in [0.25, 0.3) is 0 Å². The van der Waals surface area contributed by atoms with Crippen molar-refractivity contribution in [3.8, 4) is 0 Å². The van der Waals surface area contributed by atoms with Gasteiger partial charge in [-0.2, -0.15) is 0 Å². The second-order valence-corrected chi connectivity index (χ2v) is 5.18. The maximum Gasteiger partial charge on any atom is 0.116 e. The second kappa shape index (κ2) is 3.84. The molecular weight excluding hydrogens is 210 g/mol. The number of pyridine rings is 1. The monoisotopic (exact) mass is 229 g/mol. The van der Waals surface area contributed by atoms with E-state index in [9.17, 15) is 0 Å². The normalized spacial score (nSPS) is 18.3. The third-order valence-electron chi connectivity index (χ3n) is 3.82. The summed E-state index contributed by atoms with van der Waals surface area (Å²) in [4.78, 5) is 4.81. The van der Waals surface area contributed by atoms with Gasteiger partial charge in [-0.1, -0.05) is 12.5 Å². The van der Waals surface area contributed by atoms with Gasteiger partial charge in [0.15, 0.2) is 0 Å². The summed E-state index contributed by atoms with van der Waals surface area (Å²) in [5, 5.41) is 0. The molecule has 2 N–H and O–H groups in total. The van der Waals surface area contributed by atoms with Crippen molar-refractivity contribution >= 4 is 5.52 Å². The Labute approximate surface area is 102 Å². The molecule has 0 aliphatic heterocycles. The maximum absolute atomic E-state index is 6.05. The van der Waals surface area contributed by atoms with Crippen LogP contribution in [0.25, 0.3) is 5.52 Å². The summed E-state index contributed by atoms with van der Waals surface area (Å²) in [7, 11) is 0. The minimum Gasteiger partial charge on any atom is -0.323 e. The number of nitrogens with two attached hydrogens (primary N) is 1. The number of hydrogen-bond acceptors (Lipinski definition) is 2. The van der Waals surface area contributed by atoms with Gasteiger partial charge in [-0.05, 0) is 38.3 Å². The van der Waals surface area contributed by atoms with E-state index in [-0.39, 0.29) is 6.04 Å². The van der Waals surface area contributed by atoms with Crippen LogP contribution in [0.5, 0.6) is 0 Å². The lowest BCUT2D eigenvalue weighted by molar-refractivity contribution is 0.399. The molecule has 1 aliphatic carbocycles. The molecule has 3 nitrogen and oxygen atoms in total. The average molecular weight is 229 g/mol. The first-order valence-electron chi connectivity index (χ1n) is 6.41. The van der Waals surface area contributed by atoms with Gasteiger partial charge in [-0.3, -0.25) is 0 Å². The Morgan fingerprint density at radius 1 is 1.47 bits per heavy atom. The van der Waals surface area contributed by atoms with Crippen LogP contribution in [-0.4, -0.2) is 9.38 Å². The zero-order valence-corrected chi connectivity index (χ0v) is 10.5. The summed E-state index contributed by atoms with van der Waals surface area (Å²) in [5.74, 6) is 1.85. The highest BCUT2D eigenvalue weighted by Gasteiger charge is 2.26. The van der Waals surface area contributed by atoms with E-state index < -0.39 is 0 Å². The fourth-order valence-corrected chi connectivity index (χ4v) is 2.64. The number of nitrogens with zero attached hydrogens (tertiary/aromatic N) is 2. The van der Waals surface area contributed by atoms with Crippen LogP contribution >= 0.6 is 0 Å². The molecule has 0 saturated heterocycles. The predicted molar refractivity (Wildman–Crippen MR) is 69.1 cm³/mol. The van der Waals surface area contributed by atoms with Gasteiger partial charge in [0, 0.05) is 18.2 Å².